The van der Waals surface area contributed by atoms with Crippen molar-refractivity contribution in [2.45, 2.75) is 6.92 Å². The molecule has 0 amide bonds. The van der Waals surface area contributed by atoms with Crippen LogP contribution >= 0.6 is 34.5 Å². The molecule has 0 bridgehead atoms. The average Bonchev–Trinajstić information content (AvgIpc) is 2.59. The molecule has 16 heavy (non-hydrogen) atoms. The average molecular weight is 271 g/mol. The molecule has 0 aliphatic heterocycles. The van der Waals surface area contributed by atoms with E-state index >= 15 is 0 Å². The first kappa shape index (κ1) is 11.6. The summed E-state index contributed by atoms with van der Waals surface area (Å²) < 4.78 is 0.664. The molecule has 1 aromatic heterocycles. The summed E-state index contributed by atoms with van der Waals surface area (Å²) >= 11 is 13.0. The quantitative estimate of drug-likeness (QED) is 0.730. The van der Waals surface area contributed by atoms with Crippen LogP contribution < -0.4 is 0 Å². The number of benzene rings is 1. The number of ketones is 1. The molecule has 0 spiro atoms. The van der Waals surface area contributed by atoms with Crippen LogP contribution in [0.4, 0.5) is 0 Å². The van der Waals surface area contributed by atoms with Crippen LogP contribution in [0.5, 0.6) is 0 Å². The first-order chi connectivity index (χ1) is 7.58. The number of carbonyl (C=O) groups excluding carboxylic acids is 1. The number of halogens is 2. The molecule has 1 aromatic carbocycles. The molecular weight excluding hydrogens is 263 g/mol. The minimum absolute atomic E-state index is 0.0170. The number of rotatable bonds is 2. The highest BCUT2D eigenvalue weighted by Crippen LogP contribution is 2.28. The molecule has 0 atom stereocenters. The third-order valence-corrected chi connectivity index (χ3v) is 3.99. The minimum Gasteiger partial charge on any atom is -0.288 e. The van der Waals surface area contributed by atoms with Gasteiger partial charge in [-0.25, -0.2) is 0 Å². The Bertz CT molecular complexity index is 509. The lowest BCUT2D eigenvalue weighted by Crippen LogP contribution is -1.97. The fourth-order valence-electron chi connectivity index (χ4n) is 1.32. The van der Waals surface area contributed by atoms with Crippen molar-refractivity contribution >= 4 is 40.3 Å². The van der Waals surface area contributed by atoms with Crippen molar-refractivity contribution in [3.63, 3.8) is 0 Å². The fraction of sp³-hybridized carbons (Fsp3) is 0.0833. The second-order valence-corrected chi connectivity index (χ2v) is 5.49. The van der Waals surface area contributed by atoms with Gasteiger partial charge in [0.1, 0.15) is 0 Å². The molecular formula is C12H8Cl2OS. The van der Waals surface area contributed by atoms with Crippen molar-refractivity contribution in [2.24, 2.45) is 0 Å². The highest BCUT2D eigenvalue weighted by molar-refractivity contribution is 7.18. The van der Waals surface area contributed by atoms with Gasteiger partial charge in [-0.05, 0) is 42.8 Å². The van der Waals surface area contributed by atoms with Gasteiger partial charge in [0, 0.05) is 10.6 Å². The van der Waals surface area contributed by atoms with Crippen LogP contribution in [-0.2, 0) is 0 Å². The maximum atomic E-state index is 12.0. The van der Waals surface area contributed by atoms with E-state index in [1.54, 1.807) is 24.3 Å². The molecule has 0 radical (unpaired) electrons. The van der Waals surface area contributed by atoms with E-state index in [4.69, 9.17) is 23.2 Å². The predicted octanol–water partition coefficient (Wildman–Crippen LogP) is 4.59. The molecule has 1 nitrogen and oxygen atoms in total. The zero-order valence-corrected chi connectivity index (χ0v) is 10.8. The Morgan fingerprint density at radius 1 is 1.19 bits per heavy atom. The Morgan fingerprint density at radius 2 is 1.81 bits per heavy atom. The van der Waals surface area contributed by atoms with Crippen molar-refractivity contribution < 1.29 is 4.79 Å². The summed E-state index contributed by atoms with van der Waals surface area (Å²) in [6.07, 6.45) is 0. The van der Waals surface area contributed by atoms with Crippen molar-refractivity contribution in [3.05, 3.63) is 55.7 Å². The van der Waals surface area contributed by atoms with E-state index in [1.807, 2.05) is 13.0 Å². The molecule has 0 saturated carbocycles. The van der Waals surface area contributed by atoms with E-state index in [0.717, 1.165) is 5.56 Å². The molecule has 0 unspecified atom stereocenters. The van der Waals surface area contributed by atoms with E-state index in [9.17, 15) is 4.79 Å². The van der Waals surface area contributed by atoms with E-state index < -0.39 is 0 Å². The second-order valence-electron chi connectivity index (χ2n) is 3.40. The van der Waals surface area contributed by atoms with Gasteiger partial charge in [-0.1, -0.05) is 23.2 Å². The van der Waals surface area contributed by atoms with E-state index in [-0.39, 0.29) is 5.78 Å². The third kappa shape index (κ3) is 2.29. The second kappa shape index (κ2) is 4.58. The lowest BCUT2D eigenvalue weighted by atomic mass is 10.1. The van der Waals surface area contributed by atoms with Gasteiger partial charge in [0.05, 0.1) is 9.21 Å². The number of carbonyl (C=O) groups is 1. The molecule has 0 aliphatic carbocycles. The Labute approximate surface area is 108 Å². The summed E-state index contributed by atoms with van der Waals surface area (Å²) in [6, 6.07) is 8.65. The first-order valence-corrected chi connectivity index (χ1v) is 6.21. The van der Waals surface area contributed by atoms with Gasteiger partial charge >= 0.3 is 0 Å². The van der Waals surface area contributed by atoms with Gasteiger partial charge in [0.2, 0.25) is 5.78 Å². The van der Waals surface area contributed by atoms with Crippen LogP contribution in [0.15, 0.2) is 30.3 Å². The van der Waals surface area contributed by atoms with Gasteiger partial charge in [-0.15, -0.1) is 11.3 Å². The molecule has 1 heterocycles. The maximum absolute atomic E-state index is 12.0. The first-order valence-electron chi connectivity index (χ1n) is 4.64. The summed E-state index contributed by atoms with van der Waals surface area (Å²) in [4.78, 5) is 12.7. The molecule has 2 aromatic rings. The topological polar surface area (TPSA) is 17.1 Å². The molecule has 0 N–H and O–H groups in total. The van der Waals surface area contributed by atoms with Crippen LogP contribution in [0.3, 0.4) is 0 Å². The summed E-state index contributed by atoms with van der Waals surface area (Å²) in [5.41, 5.74) is 1.56. The van der Waals surface area contributed by atoms with Crippen LogP contribution in [0.1, 0.15) is 20.8 Å². The van der Waals surface area contributed by atoms with Crippen molar-refractivity contribution in [1.82, 2.24) is 0 Å². The van der Waals surface area contributed by atoms with Gasteiger partial charge in [-0.3, -0.25) is 4.79 Å². The van der Waals surface area contributed by atoms with Crippen LogP contribution in [0.25, 0.3) is 0 Å². The fourth-order valence-corrected chi connectivity index (χ4v) is 2.60. The van der Waals surface area contributed by atoms with E-state index in [2.05, 4.69) is 0 Å². The minimum atomic E-state index is -0.0170. The van der Waals surface area contributed by atoms with Crippen molar-refractivity contribution in [2.75, 3.05) is 0 Å². The third-order valence-electron chi connectivity index (χ3n) is 2.19. The smallest absolute Gasteiger partial charge is 0.203 e. The highest BCUT2D eigenvalue weighted by Gasteiger charge is 2.13. The summed E-state index contributed by atoms with van der Waals surface area (Å²) in [5, 5.41) is 0.622. The molecule has 0 fully saturated rings. The van der Waals surface area contributed by atoms with Gasteiger partial charge in [0.15, 0.2) is 0 Å². The standard InChI is InChI=1S/C12H8Cl2OS/c1-7-6-10(16-12(7)14)11(15)8-2-4-9(13)5-3-8/h2-6H,1H3. The van der Waals surface area contributed by atoms with Crippen LogP contribution in [-0.4, -0.2) is 5.78 Å². The van der Waals surface area contributed by atoms with Crippen LogP contribution in [0, 0.1) is 6.92 Å². The largest absolute Gasteiger partial charge is 0.288 e. The van der Waals surface area contributed by atoms with Crippen LogP contribution in [0.2, 0.25) is 9.36 Å². The van der Waals surface area contributed by atoms with E-state index in [1.165, 1.54) is 11.3 Å². The Balaban J connectivity index is 2.35. The number of aryl methyl sites for hydroxylation is 1. The Morgan fingerprint density at radius 3 is 2.31 bits per heavy atom. The normalized spacial score (nSPS) is 10.4. The molecule has 0 aliphatic rings. The van der Waals surface area contributed by atoms with Crippen molar-refractivity contribution in [1.29, 1.82) is 0 Å². The Kier molecular flexibility index (Phi) is 3.33. The highest BCUT2D eigenvalue weighted by atomic mass is 35.5. The molecule has 4 heteroatoms. The van der Waals surface area contributed by atoms with E-state index in [0.29, 0.717) is 19.8 Å². The molecule has 0 saturated heterocycles. The lowest BCUT2D eigenvalue weighted by molar-refractivity contribution is 0.104. The van der Waals surface area contributed by atoms with Crippen molar-refractivity contribution in [3.8, 4) is 0 Å². The lowest BCUT2D eigenvalue weighted by Gasteiger charge is -1.97. The maximum Gasteiger partial charge on any atom is 0.203 e. The van der Waals surface area contributed by atoms with Gasteiger partial charge in [-0.2, -0.15) is 0 Å². The number of hydrogen-bond donors (Lipinski definition) is 0. The monoisotopic (exact) mass is 270 g/mol. The molecule has 82 valence electrons. The number of thiophene rings is 1. The number of hydrogen-bond acceptors (Lipinski definition) is 2. The summed E-state index contributed by atoms with van der Waals surface area (Å²) in [5.74, 6) is -0.0170. The summed E-state index contributed by atoms with van der Waals surface area (Å²) in [7, 11) is 0. The zero-order chi connectivity index (χ0) is 11.7. The van der Waals surface area contributed by atoms with Gasteiger partial charge < -0.3 is 0 Å². The molecule has 2 rings (SSSR count). The SMILES string of the molecule is Cc1cc(C(=O)c2ccc(Cl)cc2)sc1Cl. The van der Waals surface area contributed by atoms with Gasteiger partial charge in [0.25, 0.3) is 0 Å². The predicted molar refractivity (Wildman–Crippen MR) is 69.0 cm³/mol. The Hall–Kier alpha value is -0.830. The zero-order valence-electron chi connectivity index (χ0n) is 8.46. The summed E-state index contributed by atoms with van der Waals surface area (Å²) in [6.45, 7) is 1.89.